The Bertz CT molecular complexity index is 438. The van der Waals surface area contributed by atoms with Gasteiger partial charge in [0.05, 0.1) is 22.7 Å². The van der Waals surface area contributed by atoms with E-state index in [1.54, 1.807) is 6.26 Å². The lowest BCUT2D eigenvalue weighted by molar-refractivity contribution is -0.184. The molecule has 0 aromatic carbocycles. The number of halogens is 4. The third kappa shape index (κ3) is 4.25. The van der Waals surface area contributed by atoms with Crippen LogP contribution < -0.4 is 5.32 Å². The fourth-order valence-electron chi connectivity index (χ4n) is 3.08. The summed E-state index contributed by atoms with van der Waals surface area (Å²) >= 11 is 3.46. The van der Waals surface area contributed by atoms with Crippen molar-refractivity contribution in [1.82, 2.24) is 5.32 Å². The zero-order valence-corrected chi connectivity index (χ0v) is 13.6. The Morgan fingerprint density at radius 3 is 2.48 bits per heavy atom. The van der Waals surface area contributed by atoms with Crippen molar-refractivity contribution in [1.29, 1.82) is 0 Å². The third-order valence-corrected chi connectivity index (χ3v) is 4.90. The lowest BCUT2D eigenvalue weighted by atomic mass is 9.77. The summed E-state index contributed by atoms with van der Waals surface area (Å²) in [6, 6.07) is 1.82. The van der Waals surface area contributed by atoms with Crippen molar-refractivity contribution in [2.75, 3.05) is 6.54 Å². The smallest absolute Gasteiger partial charge is 0.391 e. The minimum Gasteiger partial charge on any atom is -0.466 e. The molecule has 1 aliphatic rings. The largest absolute Gasteiger partial charge is 0.466 e. The molecule has 1 aromatic rings. The molecular formula is C15H21BrF3NO. The van der Waals surface area contributed by atoms with E-state index in [9.17, 15) is 13.2 Å². The summed E-state index contributed by atoms with van der Waals surface area (Å²) in [4.78, 5) is 0. The van der Waals surface area contributed by atoms with Crippen molar-refractivity contribution in [2.24, 2.45) is 11.8 Å². The fourth-order valence-corrected chi connectivity index (χ4v) is 3.53. The van der Waals surface area contributed by atoms with Crippen LogP contribution in [0, 0.1) is 11.8 Å². The van der Waals surface area contributed by atoms with Crippen LogP contribution in [-0.2, 0) is 0 Å². The summed E-state index contributed by atoms with van der Waals surface area (Å²) < 4.78 is 44.7. The second-order valence-corrected chi connectivity index (χ2v) is 6.57. The van der Waals surface area contributed by atoms with Crippen molar-refractivity contribution in [3.8, 4) is 0 Å². The highest BCUT2D eigenvalue weighted by Gasteiger charge is 2.43. The van der Waals surface area contributed by atoms with Gasteiger partial charge in [0, 0.05) is 0 Å². The second-order valence-electron chi connectivity index (χ2n) is 5.72. The summed E-state index contributed by atoms with van der Waals surface area (Å²) in [6.07, 6.45) is 0.141. The third-order valence-electron chi connectivity index (χ3n) is 4.25. The van der Waals surface area contributed by atoms with E-state index in [4.69, 9.17) is 4.42 Å². The van der Waals surface area contributed by atoms with Crippen molar-refractivity contribution < 1.29 is 17.6 Å². The zero-order valence-electron chi connectivity index (χ0n) is 12.0. The molecule has 2 rings (SSSR count). The van der Waals surface area contributed by atoms with Gasteiger partial charge in [-0.25, -0.2) is 0 Å². The average Bonchev–Trinajstić information content (AvgIpc) is 2.85. The molecule has 1 heterocycles. The second kappa shape index (κ2) is 7.18. The minimum atomic E-state index is -4.05. The molecule has 1 atom stereocenters. The van der Waals surface area contributed by atoms with E-state index in [2.05, 4.69) is 28.2 Å². The van der Waals surface area contributed by atoms with Crippen molar-refractivity contribution in [2.45, 2.75) is 51.2 Å². The van der Waals surface area contributed by atoms with E-state index in [0.29, 0.717) is 12.8 Å². The van der Waals surface area contributed by atoms with Gasteiger partial charge in [-0.15, -0.1) is 0 Å². The van der Waals surface area contributed by atoms with Gasteiger partial charge >= 0.3 is 6.18 Å². The SMILES string of the molecule is CCCNC(c1occc1Br)C1CCC(C(F)(F)F)CC1. The molecule has 0 amide bonds. The van der Waals surface area contributed by atoms with E-state index in [1.807, 2.05) is 6.07 Å². The minimum absolute atomic E-state index is 0.0106. The first-order valence-corrected chi connectivity index (χ1v) is 8.25. The molecule has 21 heavy (non-hydrogen) atoms. The lowest BCUT2D eigenvalue weighted by Gasteiger charge is -2.34. The fraction of sp³-hybridized carbons (Fsp3) is 0.733. The molecule has 0 spiro atoms. The van der Waals surface area contributed by atoms with Crippen LogP contribution in [0.25, 0.3) is 0 Å². The molecule has 0 bridgehead atoms. The number of hydrogen-bond donors (Lipinski definition) is 1. The van der Waals surface area contributed by atoms with Crippen LogP contribution in [0.3, 0.4) is 0 Å². The Labute approximate surface area is 131 Å². The molecule has 1 aliphatic carbocycles. The predicted molar refractivity (Wildman–Crippen MR) is 78.9 cm³/mol. The number of alkyl halides is 3. The maximum Gasteiger partial charge on any atom is 0.391 e. The highest BCUT2D eigenvalue weighted by Crippen LogP contribution is 2.44. The molecule has 0 aliphatic heterocycles. The summed E-state index contributed by atoms with van der Waals surface area (Å²) in [6.45, 7) is 2.90. The van der Waals surface area contributed by atoms with E-state index in [-0.39, 0.29) is 24.8 Å². The molecule has 1 unspecified atom stereocenters. The summed E-state index contributed by atoms with van der Waals surface area (Å²) in [5.74, 6) is -0.142. The first-order chi connectivity index (χ1) is 9.93. The predicted octanol–water partition coefficient (Wildman–Crippen LogP) is 5.45. The first kappa shape index (κ1) is 16.9. The molecule has 1 aromatic heterocycles. The van der Waals surface area contributed by atoms with Gasteiger partial charge < -0.3 is 9.73 Å². The van der Waals surface area contributed by atoms with E-state index in [0.717, 1.165) is 23.2 Å². The van der Waals surface area contributed by atoms with Crippen LogP contribution in [0.2, 0.25) is 0 Å². The van der Waals surface area contributed by atoms with E-state index >= 15 is 0 Å². The Kier molecular flexibility index (Phi) is 5.77. The van der Waals surface area contributed by atoms with Crippen LogP contribution in [0.5, 0.6) is 0 Å². The molecule has 120 valence electrons. The average molecular weight is 368 g/mol. The van der Waals surface area contributed by atoms with Crippen LogP contribution in [0.15, 0.2) is 21.2 Å². The van der Waals surface area contributed by atoms with Crippen LogP contribution in [0.4, 0.5) is 13.2 Å². The maximum atomic E-state index is 12.8. The van der Waals surface area contributed by atoms with Crippen LogP contribution >= 0.6 is 15.9 Å². The Balaban J connectivity index is 2.04. The molecule has 0 radical (unpaired) electrons. The van der Waals surface area contributed by atoms with Crippen molar-refractivity contribution in [3.05, 3.63) is 22.6 Å². The van der Waals surface area contributed by atoms with Gasteiger partial charge in [-0.05, 0) is 66.6 Å². The van der Waals surface area contributed by atoms with Crippen molar-refractivity contribution in [3.63, 3.8) is 0 Å². The summed E-state index contributed by atoms with van der Waals surface area (Å²) in [7, 11) is 0. The Hall–Kier alpha value is -0.490. The van der Waals surface area contributed by atoms with Crippen LogP contribution in [-0.4, -0.2) is 12.7 Å². The topological polar surface area (TPSA) is 25.2 Å². The van der Waals surface area contributed by atoms with Gasteiger partial charge in [0.15, 0.2) is 0 Å². The number of furan rings is 1. The molecule has 6 heteroatoms. The Morgan fingerprint density at radius 2 is 2.00 bits per heavy atom. The number of hydrogen-bond acceptors (Lipinski definition) is 2. The normalized spacial score (nSPS) is 25.0. The quantitative estimate of drug-likeness (QED) is 0.748. The maximum absolute atomic E-state index is 12.8. The zero-order chi connectivity index (χ0) is 15.5. The summed E-state index contributed by atoms with van der Waals surface area (Å²) in [5.41, 5.74) is 0. The van der Waals surface area contributed by atoms with Gasteiger partial charge in [0.25, 0.3) is 0 Å². The monoisotopic (exact) mass is 367 g/mol. The first-order valence-electron chi connectivity index (χ1n) is 7.46. The number of nitrogens with one attached hydrogen (secondary N) is 1. The molecule has 0 saturated heterocycles. The van der Waals surface area contributed by atoms with Gasteiger partial charge in [0.1, 0.15) is 5.76 Å². The van der Waals surface area contributed by atoms with E-state index < -0.39 is 12.1 Å². The standard InChI is InChI=1S/C15H21BrF3NO/c1-2-8-20-13(14-12(16)7-9-21-14)10-3-5-11(6-4-10)15(17,18)19/h7,9-11,13,20H,2-6,8H2,1H3. The van der Waals surface area contributed by atoms with Gasteiger partial charge in [-0.2, -0.15) is 13.2 Å². The molecule has 1 saturated carbocycles. The van der Waals surface area contributed by atoms with Gasteiger partial charge in [0.2, 0.25) is 0 Å². The highest BCUT2D eigenvalue weighted by atomic mass is 79.9. The summed E-state index contributed by atoms with van der Waals surface area (Å²) in [5, 5.41) is 3.43. The van der Waals surface area contributed by atoms with Crippen LogP contribution in [0.1, 0.15) is 50.8 Å². The lowest BCUT2D eigenvalue weighted by Crippen LogP contribution is -2.34. The van der Waals surface area contributed by atoms with Gasteiger partial charge in [-0.1, -0.05) is 6.92 Å². The van der Waals surface area contributed by atoms with E-state index in [1.165, 1.54) is 0 Å². The van der Waals surface area contributed by atoms with Crippen molar-refractivity contribution >= 4 is 15.9 Å². The Morgan fingerprint density at radius 1 is 1.33 bits per heavy atom. The molecule has 2 nitrogen and oxygen atoms in total. The van der Waals surface area contributed by atoms with Gasteiger partial charge in [-0.3, -0.25) is 0 Å². The molecular weight excluding hydrogens is 347 g/mol. The molecule has 1 N–H and O–H groups in total. The number of rotatable bonds is 5. The highest BCUT2D eigenvalue weighted by molar-refractivity contribution is 9.10. The molecule has 1 fully saturated rings.